The largest absolute Gasteiger partial charge is 2.00 e. The Kier molecular flexibility index (Phi) is 8.14. The van der Waals surface area contributed by atoms with Crippen molar-refractivity contribution < 1.29 is 21.9 Å². The monoisotopic (exact) mass is 254 g/mol. The van der Waals surface area contributed by atoms with Gasteiger partial charge in [0.05, 0.1) is 0 Å². The van der Waals surface area contributed by atoms with Crippen molar-refractivity contribution in [3.05, 3.63) is 66.2 Å². The summed E-state index contributed by atoms with van der Waals surface area (Å²) < 4.78 is 0. The first-order valence-electron chi connectivity index (χ1n) is 4.86. The summed E-state index contributed by atoms with van der Waals surface area (Å²) in [5.41, 5.74) is 1.08. The normalized spacial score (nSPS) is 9.06. The zero-order chi connectivity index (χ0) is 10.9. The fraction of sp³-hybridized carbons (Fsp3) is 0.0714. The van der Waals surface area contributed by atoms with Gasteiger partial charge < -0.3 is 4.79 Å². The minimum Gasteiger partial charge on any atom is -0.306 e. The first-order valence-corrected chi connectivity index (χ1v) is 4.86. The molecule has 2 aromatic rings. The fourth-order valence-corrected chi connectivity index (χ4v) is 1.03. The summed E-state index contributed by atoms with van der Waals surface area (Å²) in [6.07, 6.45) is 3.37. The Morgan fingerprint density at radius 2 is 1.69 bits per heavy atom. The van der Waals surface area contributed by atoms with E-state index in [4.69, 9.17) is 0 Å². The van der Waals surface area contributed by atoms with E-state index in [0.29, 0.717) is 0 Å². The van der Waals surface area contributed by atoms with Gasteiger partial charge in [-0.25, -0.2) is 12.1 Å². The number of carbonyl (C=O) groups is 1. The van der Waals surface area contributed by atoms with Crippen LogP contribution < -0.4 is 0 Å². The van der Waals surface area contributed by atoms with Crippen molar-refractivity contribution in [1.29, 1.82) is 0 Å². The van der Waals surface area contributed by atoms with Gasteiger partial charge >= 0.3 is 17.1 Å². The molecule has 0 atom stereocenters. The predicted molar refractivity (Wildman–Crippen MR) is 63.8 cm³/mol. The van der Waals surface area contributed by atoms with E-state index >= 15 is 0 Å². The number of allylic oxidation sites excluding steroid dienone is 1. The molecule has 0 radical (unpaired) electrons. The second-order valence-corrected chi connectivity index (χ2v) is 3.12. The third kappa shape index (κ3) is 6.99. The molecule has 2 rings (SSSR count). The minimum atomic E-state index is 0. The predicted octanol–water partition coefficient (Wildman–Crippen LogP) is 3.41. The molecule has 0 spiro atoms. The van der Waals surface area contributed by atoms with Crippen LogP contribution in [0.1, 0.15) is 12.5 Å². The maximum absolute atomic E-state index is 10.5. The molecule has 0 aliphatic heterocycles. The molecule has 2 heteroatoms. The van der Waals surface area contributed by atoms with Crippen LogP contribution in [0.5, 0.6) is 0 Å². The summed E-state index contributed by atoms with van der Waals surface area (Å²) in [6, 6.07) is 17.8. The van der Waals surface area contributed by atoms with Crippen LogP contribution in [0, 0.1) is 0 Å². The van der Waals surface area contributed by atoms with Crippen molar-refractivity contribution in [2.75, 3.05) is 0 Å². The Balaban J connectivity index is 0.000000318. The number of hydrogen-bond donors (Lipinski definition) is 0. The molecule has 84 valence electrons. The molecular formula is C14H14FeO. The van der Waals surface area contributed by atoms with Crippen molar-refractivity contribution in [2.45, 2.75) is 6.92 Å². The second kappa shape index (κ2) is 8.90. The average molecular weight is 254 g/mol. The van der Waals surface area contributed by atoms with Crippen LogP contribution in [-0.2, 0) is 21.9 Å². The zero-order valence-corrected chi connectivity index (χ0v) is 10.2. The molecule has 0 fully saturated rings. The molecule has 1 nitrogen and oxygen atoms in total. The van der Waals surface area contributed by atoms with Gasteiger partial charge in [-0.1, -0.05) is 6.08 Å². The Morgan fingerprint density at radius 1 is 1.12 bits per heavy atom. The Morgan fingerprint density at radius 3 is 2.06 bits per heavy atom. The van der Waals surface area contributed by atoms with E-state index in [-0.39, 0.29) is 22.9 Å². The number of hydrogen-bond acceptors (Lipinski definition) is 1. The Bertz CT molecular complexity index is 365. The van der Waals surface area contributed by atoms with Gasteiger partial charge in [-0.15, -0.1) is 23.8 Å². The maximum atomic E-state index is 10.5. The molecule has 0 saturated heterocycles. The molecule has 0 aliphatic carbocycles. The first kappa shape index (κ1) is 14.6. The van der Waals surface area contributed by atoms with Gasteiger partial charge in [0.2, 0.25) is 0 Å². The van der Waals surface area contributed by atoms with E-state index in [1.165, 1.54) is 0 Å². The van der Waals surface area contributed by atoms with Gasteiger partial charge in [0, 0.05) is 0 Å². The van der Waals surface area contributed by atoms with Crippen LogP contribution in [0.15, 0.2) is 60.7 Å². The first-order chi connectivity index (χ1) is 7.29. The Hall–Kier alpha value is -1.37. The van der Waals surface area contributed by atoms with Crippen LogP contribution in [0.4, 0.5) is 0 Å². The van der Waals surface area contributed by atoms with Crippen molar-refractivity contribution >= 4 is 11.9 Å². The quantitative estimate of drug-likeness (QED) is 0.456. The van der Waals surface area contributed by atoms with Crippen molar-refractivity contribution in [3.63, 3.8) is 0 Å². The minimum absolute atomic E-state index is 0. The van der Waals surface area contributed by atoms with Gasteiger partial charge in [0.25, 0.3) is 0 Å². The summed E-state index contributed by atoms with van der Waals surface area (Å²) in [5, 5.41) is 0. The average Bonchev–Trinajstić information content (AvgIpc) is 2.91. The molecule has 16 heavy (non-hydrogen) atoms. The molecule has 0 unspecified atom stereocenters. The number of ketones is 1. The summed E-state index contributed by atoms with van der Waals surface area (Å²) in [6.45, 7) is 1.54. The van der Waals surface area contributed by atoms with Crippen LogP contribution in [-0.4, -0.2) is 5.78 Å². The van der Waals surface area contributed by atoms with E-state index in [0.717, 1.165) is 5.56 Å². The van der Waals surface area contributed by atoms with Gasteiger partial charge in [-0.3, -0.25) is 0 Å². The molecule has 0 aliphatic rings. The smallest absolute Gasteiger partial charge is 0.306 e. The SMILES string of the molecule is CC(=O)C=C[c-]1cccc1.[Fe+2].c1cc[cH-]c1. The summed E-state index contributed by atoms with van der Waals surface area (Å²) in [7, 11) is 0. The van der Waals surface area contributed by atoms with E-state index in [1.54, 1.807) is 13.0 Å². The topological polar surface area (TPSA) is 17.1 Å². The van der Waals surface area contributed by atoms with E-state index in [1.807, 2.05) is 60.7 Å². The number of rotatable bonds is 2. The third-order valence-corrected chi connectivity index (χ3v) is 1.75. The maximum Gasteiger partial charge on any atom is 2.00 e. The fourth-order valence-electron chi connectivity index (χ4n) is 1.03. The van der Waals surface area contributed by atoms with Gasteiger partial charge in [0.15, 0.2) is 0 Å². The van der Waals surface area contributed by atoms with E-state index in [9.17, 15) is 4.79 Å². The molecular weight excluding hydrogens is 240 g/mol. The van der Waals surface area contributed by atoms with Crippen LogP contribution >= 0.6 is 0 Å². The van der Waals surface area contributed by atoms with Gasteiger partial charge in [0.1, 0.15) is 5.78 Å². The molecule has 2 aromatic carbocycles. The Labute approximate surface area is 107 Å². The molecule has 0 aromatic heterocycles. The zero-order valence-electron chi connectivity index (χ0n) is 9.11. The van der Waals surface area contributed by atoms with E-state index < -0.39 is 0 Å². The molecule has 0 saturated carbocycles. The van der Waals surface area contributed by atoms with Crippen LogP contribution in [0.3, 0.4) is 0 Å². The number of carbonyl (C=O) groups excluding carboxylic acids is 1. The molecule has 0 amide bonds. The summed E-state index contributed by atoms with van der Waals surface area (Å²) in [5.74, 6) is 0.0844. The van der Waals surface area contributed by atoms with Crippen molar-refractivity contribution in [2.24, 2.45) is 0 Å². The van der Waals surface area contributed by atoms with Crippen LogP contribution in [0.2, 0.25) is 0 Å². The summed E-state index contributed by atoms with van der Waals surface area (Å²) >= 11 is 0. The van der Waals surface area contributed by atoms with Crippen molar-refractivity contribution in [3.8, 4) is 0 Å². The van der Waals surface area contributed by atoms with E-state index in [2.05, 4.69) is 0 Å². The van der Waals surface area contributed by atoms with Crippen molar-refractivity contribution in [1.82, 2.24) is 0 Å². The standard InChI is InChI=1S/C9H9O.C5H5.Fe/c1-8(10)6-7-9-4-2-3-5-9;1-2-4-5-3-1;/h2-7H,1H3;1-5H;/q2*-1;+2. The molecule has 0 heterocycles. The van der Waals surface area contributed by atoms with Gasteiger partial charge in [-0.05, 0) is 6.92 Å². The molecule has 0 N–H and O–H groups in total. The van der Waals surface area contributed by atoms with Crippen LogP contribution in [0.25, 0.3) is 6.08 Å². The van der Waals surface area contributed by atoms with Gasteiger partial charge in [-0.2, -0.15) is 30.3 Å². The molecule has 0 bridgehead atoms. The second-order valence-electron chi connectivity index (χ2n) is 3.12. The summed E-state index contributed by atoms with van der Waals surface area (Å²) in [4.78, 5) is 10.5. The third-order valence-electron chi connectivity index (χ3n) is 1.75.